The largest absolute Gasteiger partial charge is 0.388 e. The first-order chi connectivity index (χ1) is 16.0. The summed E-state index contributed by atoms with van der Waals surface area (Å²) in [6, 6.07) is 9.89. The molecule has 182 valence electrons. The lowest BCUT2D eigenvalue weighted by atomic mass is 9.51. The second kappa shape index (κ2) is 7.87. The normalized spacial score (nSPS) is 49.6. The van der Waals surface area contributed by atoms with E-state index in [-0.39, 0.29) is 47.2 Å². The number of hydrogen-bond acceptors (Lipinski definition) is 5. The van der Waals surface area contributed by atoms with Crippen molar-refractivity contribution in [1.82, 2.24) is 5.32 Å². The summed E-state index contributed by atoms with van der Waals surface area (Å²) >= 11 is 0. The van der Waals surface area contributed by atoms with Crippen LogP contribution in [0.25, 0.3) is 0 Å². The SMILES string of the molecule is C[C@H]1C/C=C/[C@H]2[C@@H]3O[C@]3(C)[C@@H](C)[C@H]3[C@H](Cc4ccccc4)NC(=O)[C@]32[C@H](O)/C=C/[C@@](C)(O)C1=O. The van der Waals surface area contributed by atoms with Crippen molar-refractivity contribution < 1.29 is 24.5 Å². The molecule has 3 N–H and O–H groups in total. The Morgan fingerprint density at radius 2 is 1.82 bits per heavy atom. The highest BCUT2D eigenvalue weighted by molar-refractivity contribution is 5.91. The minimum Gasteiger partial charge on any atom is -0.388 e. The first kappa shape index (κ1) is 23.5. The van der Waals surface area contributed by atoms with Gasteiger partial charge in [0.1, 0.15) is 5.60 Å². The number of fused-ring (bicyclic) bond motifs is 2. The molecule has 4 aliphatic rings. The van der Waals surface area contributed by atoms with Crippen molar-refractivity contribution in [2.24, 2.45) is 29.1 Å². The second-order valence-corrected chi connectivity index (χ2v) is 11.1. The van der Waals surface area contributed by atoms with Gasteiger partial charge in [0.15, 0.2) is 5.78 Å². The number of carbonyl (C=O) groups excluding carboxylic acids is 2. The Hall–Kier alpha value is -2.28. The van der Waals surface area contributed by atoms with Crippen molar-refractivity contribution in [2.45, 2.75) is 70.0 Å². The van der Waals surface area contributed by atoms with E-state index in [0.29, 0.717) is 12.8 Å². The molecule has 34 heavy (non-hydrogen) atoms. The number of hydrogen-bond donors (Lipinski definition) is 3. The first-order valence-corrected chi connectivity index (χ1v) is 12.4. The topological polar surface area (TPSA) is 99.2 Å². The van der Waals surface area contributed by atoms with Crippen LogP contribution in [0.5, 0.6) is 0 Å². The molecule has 0 unspecified atom stereocenters. The number of rotatable bonds is 2. The zero-order chi connectivity index (χ0) is 24.5. The summed E-state index contributed by atoms with van der Waals surface area (Å²) in [5.74, 6) is -1.41. The van der Waals surface area contributed by atoms with Crippen LogP contribution in [-0.2, 0) is 20.7 Å². The molecule has 1 spiro atoms. The van der Waals surface area contributed by atoms with E-state index in [4.69, 9.17) is 4.74 Å². The number of ether oxygens (including phenoxy) is 1. The van der Waals surface area contributed by atoms with Crippen LogP contribution in [0.4, 0.5) is 0 Å². The molecule has 0 bridgehead atoms. The lowest BCUT2D eigenvalue weighted by Gasteiger charge is -2.48. The molecular formula is C28H35NO5. The fraction of sp³-hybridized carbons (Fsp3) is 0.571. The fourth-order valence-electron chi connectivity index (χ4n) is 7.04. The number of benzene rings is 1. The molecule has 1 aromatic carbocycles. The van der Waals surface area contributed by atoms with Gasteiger partial charge in [-0.25, -0.2) is 0 Å². The molecule has 2 aliphatic heterocycles. The van der Waals surface area contributed by atoms with E-state index in [9.17, 15) is 19.8 Å². The Morgan fingerprint density at radius 1 is 1.12 bits per heavy atom. The third-order valence-electron chi connectivity index (χ3n) is 9.07. The molecule has 5 rings (SSSR count). The van der Waals surface area contributed by atoms with Crippen molar-refractivity contribution in [1.29, 1.82) is 0 Å². The third-order valence-corrected chi connectivity index (χ3v) is 9.07. The van der Waals surface area contributed by atoms with Crippen LogP contribution in [0.3, 0.4) is 0 Å². The van der Waals surface area contributed by atoms with Crippen LogP contribution in [0.1, 0.15) is 39.7 Å². The van der Waals surface area contributed by atoms with Gasteiger partial charge in [-0.1, -0.05) is 62.4 Å². The molecule has 0 radical (unpaired) electrons. The van der Waals surface area contributed by atoms with Gasteiger partial charge < -0.3 is 20.3 Å². The molecule has 10 atom stereocenters. The molecule has 1 aromatic rings. The average molecular weight is 466 g/mol. The zero-order valence-electron chi connectivity index (χ0n) is 20.3. The quantitative estimate of drug-likeness (QED) is 0.461. The van der Waals surface area contributed by atoms with Gasteiger partial charge in [-0.2, -0.15) is 0 Å². The van der Waals surface area contributed by atoms with Gasteiger partial charge in [0.05, 0.1) is 23.2 Å². The molecule has 2 heterocycles. The van der Waals surface area contributed by atoms with Gasteiger partial charge >= 0.3 is 0 Å². The van der Waals surface area contributed by atoms with Crippen LogP contribution in [0.15, 0.2) is 54.6 Å². The van der Waals surface area contributed by atoms with Gasteiger partial charge in [-0.15, -0.1) is 0 Å². The molecule has 0 aromatic heterocycles. The van der Waals surface area contributed by atoms with Crippen molar-refractivity contribution in [3.8, 4) is 0 Å². The van der Waals surface area contributed by atoms with Crippen LogP contribution in [0.2, 0.25) is 0 Å². The van der Waals surface area contributed by atoms with Crippen molar-refractivity contribution >= 4 is 11.7 Å². The lowest BCUT2D eigenvalue weighted by molar-refractivity contribution is -0.142. The Balaban J connectivity index is 1.64. The van der Waals surface area contributed by atoms with Gasteiger partial charge in [-0.3, -0.25) is 9.59 Å². The van der Waals surface area contributed by atoms with Crippen LogP contribution < -0.4 is 5.32 Å². The average Bonchev–Trinajstić information content (AvgIpc) is 3.42. The number of ketones is 1. The van der Waals surface area contributed by atoms with E-state index in [1.165, 1.54) is 19.1 Å². The van der Waals surface area contributed by atoms with E-state index >= 15 is 0 Å². The molecule has 1 saturated carbocycles. The minimum absolute atomic E-state index is 0.0176. The van der Waals surface area contributed by atoms with Gasteiger partial charge in [0.2, 0.25) is 5.91 Å². The summed E-state index contributed by atoms with van der Waals surface area (Å²) in [5, 5.41) is 25.8. The zero-order valence-corrected chi connectivity index (χ0v) is 20.3. The number of carbonyl (C=O) groups is 2. The number of Topliss-reactive ketones (excluding diaryl/α,β-unsaturated/α-hetero) is 1. The van der Waals surface area contributed by atoms with Crippen molar-refractivity contribution in [3.05, 3.63) is 60.2 Å². The number of aliphatic hydroxyl groups is 2. The third kappa shape index (κ3) is 3.26. The van der Waals surface area contributed by atoms with Crippen molar-refractivity contribution in [2.75, 3.05) is 0 Å². The van der Waals surface area contributed by atoms with Gasteiger partial charge in [0.25, 0.3) is 0 Å². The summed E-state index contributed by atoms with van der Waals surface area (Å²) < 4.78 is 6.28. The Bertz CT molecular complexity index is 1050. The first-order valence-electron chi connectivity index (χ1n) is 12.4. The molecule has 6 nitrogen and oxygen atoms in total. The van der Waals surface area contributed by atoms with Crippen LogP contribution in [0, 0.1) is 29.1 Å². The Kier molecular flexibility index (Phi) is 5.43. The van der Waals surface area contributed by atoms with Crippen molar-refractivity contribution in [3.63, 3.8) is 0 Å². The smallest absolute Gasteiger partial charge is 0.230 e. The van der Waals surface area contributed by atoms with E-state index < -0.39 is 23.0 Å². The number of amides is 1. The molecule has 2 saturated heterocycles. The molecule has 2 aliphatic carbocycles. The standard InChI is InChI=1S/C28H35NO5/c1-16-9-8-12-19-24-27(4,34-24)17(2)22-20(15-18-10-6-5-7-11-18)29-25(32)28(19,22)21(30)13-14-26(3,33)23(16)31/h5-8,10-14,16-17,19-22,24,30,33H,9,15H2,1-4H3,(H,29,32)/b12-8+,14-13+/t16-,17-,19-,20-,21+,22-,24-,26+,27+,28+/m0/s1. The predicted molar refractivity (Wildman–Crippen MR) is 128 cm³/mol. The van der Waals surface area contributed by atoms with E-state index in [2.05, 4.69) is 31.3 Å². The van der Waals surface area contributed by atoms with Gasteiger partial charge in [0, 0.05) is 23.8 Å². The summed E-state index contributed by atoms with van der Waals surface area (Å²) in [5.41, 5.74) is -2.12. The predicted octanol–water partition coefficient (Wildman–Crippen LogP) is 2.59. The van der Waals surface area contributed by atoms with E-state index in [1.807, 2.05) is 30.4 Å². The number of nitrogens with one attached hydrogen (secondary N) is 1. The summed E-state index contributed by atoms with van der Waals surface area (Å²) in [6.07, 6.45) is 6.48. The Labute approximate surface area is 201 Å². The van der Waals surface area contributed by atoms with Gasteiger partial charge in [-0.05, 0) is 44.2 Å². The maximum atomic E-state index is 13.9. The molecule has 6 heteroatoms. The highest BCUT2D eigenvalue weighted by Gasteiger charge is 2.77. The van der Waals surface area contributed by atoms with E-state index in [1.54, 1.807) is 6.92 Å². The molecule has 3 fully saturated rings. The highest BCUT2D eigenvalue weighted by Crippen LogP contribution is 2.66. The highest BCUT2D eigenvalue weighted by atomic mass is 16.6. The number of allylic oxidation sites excluding steroid dienone is 1. The lowest BCUT2D eigenvalue weighted by Crippen LogP contribution is -2.59. The minimum atomic E-state index is -1.72. The van der Waals surface area contributed by atoms with E-state index in [0.717, 1.165) is 5.56 Å². The second-order valence-electron chi connectivity index (χ2n) is 11.1. The Morgan fingerprint density at radius 3 is 2.53 bits per heavy atom. The summed E-state index contributed by atoms with van der Waals surface area (Å²) in [7, 11) is 0. The fourth-order valence-corrected chi connectivity index (χ4v) is 7.04. The summed E-state index contributed by atoms with van der Waals surface area (Å²) in [4.78, 5) is 26.7. The number of epoxide rings is 1. The number of aliphatic hydroxyl groups excluding tert-OH is 1. The maximum Gasteiger partial charge on any atom is 0.230 e. The molecule has 1 amide bonds. The maximum absolute atomic E-state index is 13.9. The van der Waals surface area contributed by atoms with Crippen LogP contribution in [-0.4, -0.2) is 51.4 Å². The monoisotopic (exact) mass is 465 g/mol. The van der Waals surface area contributed by atoms with Crippen LogP contribution >= 0.6 is 0 Å². The molecular weight excluding hydrogens is 430 g/mol. The summed E-state index contributed by atoms with van der Waals surface area (Å²) in [6.45, 7) is 7.46.